The van der Waals surface area contributed by atoms with Gasteiger partial charge in [0.15, 0.2) is 0 Å². The molecule has 6 unspecified atom stereocenters. The van der Waals surface area contributed by atoms with Gasteiger partial charge in [-0.3, -0.25) is 17.8 Å². The maximum atomic E-state index is 11.9. The van der Waals surface area contributed by atoms with E-state index in [4.69, 9.17) is 18.5 Å². The molecule has 0 aliphatic carbocycles. The summed E-state index contributed by atoms with van der Waals surface area (Å²) in [6, 6.07) is 0. The van der Waals surface area contributed by atoms with Crippen LogP contribution in [0.4, 0.5) is 0 Å². The SMILES string of the molecule is O=P([O-])(OP(=O)([O-])OP(=S)([S-])OC[C@H]1O[CH-]C(O)[C@H]1O)OP(=S)([S-])OC[C@H]1O[CH-][C@@H](O)C1O.[U].[U]. The minimum Gasteiger partial charge on any atom is -0.756 e. The van der Waals surface area contributed by atoms with Gasteiger partial charge < -0.3 is 73.2 Å². The maximum Gasteiger partial charge on any atom is 0.278 e. The Morgan fingerprint density at radius 1 is 0.771 bits per heavy atom. The van der Waals surface area contributed by atoms with Gasteiger partial charge >= 0.3 is 0 Å². The number of ether oxygens (including phenoxy) is 2. The molecule has 25 heteroatoms. The van der Waals surface area contributed by atoms with Crippen molar-refractivity contribution in [3.63, 3.8) is 0 Å². The molecule has 15 nitrogen and oxygen atoms in total. The molecule has 10 atom stereocenters. The second-order valence-corrected chi connectivity index (χ2v) is 19.4. The van der Waals surface area contributed by atoms with Crippen LogP contribution >= 0.6 is 27.0 Å². The molecule has 0 saturated carbocycles. The summed E-state index contributed by atoms with van der Waals surface area (Å²) in [6.45, 7) is 0.617. The fourth-order valence-electron chi connectivity index (χ4n) is 2.17. The minimum atomic E-state index is -5.80. The summed E-state index contributed by atoms with van der Waals surface area (Å²) in [6.07, 6.45) is -7.75. The van der Waals surface area contributed by atoms with Gasteiger partial charge in [-0.25, -0.2) is 4.31 Å². The molecule has 204 valence electrons. The van der Waals surface area contributed by atoms with Crippen LogP contribution in [0.5, 0.6) is 0 Å². The van der Waals surface area contributed by atoms with E-state index in [0.29, 0.717) is 0 Å². The molecule has 2 fully saturated rings. The first kappa shape index (κ1) is 39.0. The third-order valence-electron chi connectivity index (χ3n) is 3.64. The van der Waals surface area contributed by atoms with Gasteiger partial charge in [0.1, 0.15) is 0 Å². The topological polar surface area (TPSA) is 226 Å². The van der Waals surface area contributed by atoms with Crippen molar-refractivity contribution in [2.24, 2.45) is 0 Å². The van der Waals surface area contributed by atoms with Crippen LogP contribution < -0.4 is 9.79 Å². The van der Waals surface area contributed by atoms with E-state index in [2.05, 4.69) is 61.0 Å². The Bertz CT molecular complexity index is 821. The fraction of sp³-hybridized carbons (Fsp3) is 0.800. The van der Waals surface area contributed by atoms with Crippen molar-refractivity contribution >= 4 is 75.1 Å². The average Bonchev–Trinajstić information content (AvgIpc) is 3.11. The number of aliphatic hydroxyl groups excluding tert-OH is 4. The van der Waals surface area contributed by atoms with Crippen LogP contribution in [0.1, 0.15) is 0 Å². The molecule has 2 rings (SSSR count). The molecule has 2 saturated heterocycles. The van der Waals surface area contributed by atoms with E-state index >= 15 is 0 Å². The molecule has 0 amide bonds. The number of aliphatic hydroxyl groups is 4. The zero-order valence-electron chi connectivity index (χ0n) is 16.7. The molecular formula is C10H16O15P4S4U2-6. The van der Waals surface area contributed by atoms with Gasteiger partial charge in [-0.05, 0) is 12.2 Å². The normalized spacial score (nSPS) is 35.5. The van der Waals surface area contributed by atoms with E-state index in [1.165, 1.54) is 0 Å². The molecule has 0 spiro atoms. The van der Waals surface area contributed by atoms with Crippen molar-refractivity contribution in [2.45, 2.75) is 36.6 Å². The molecule has 2 aliphatic rings. The monoisotopic (exact) mass is 1100 g/mol. The van der Waals surface area contributed by atoms with E-state index in [9.17, 15) is 39.3 Å². The summed E-state index contributed by atoms with van der Waals surface area (Å²) in [5.74, 6) is 0. The Labute approximate surface area is 268 Å². The van der Waals surface area contributed by atoms with E-state index in [1.807, 2.05) is 0 Å². The van der Waals surface area contributed by atoms with Crippen molar-refractivity contribution < 1.29 is 133 Å². The maximum absolute atomic E-state index is 11.9. The van der Waals surface area contributed by atoms with Crippen LogP contribution in [0.15, 0.2) is 0 Å². The second kappa shape index (κ2) is 16.0. The third-order valence-corrected chi connectivity index (χ3v) is 13.0. The summed E-state index contributed by atoms with van der Waals surface area (Å²) in [7, 11) is -11.6. The summed E-state index contributed by atoms with van der Waals surface area (Å²) in [4.78, 5) is 23.9. The smallest absolute Gasteiger partial charge is 0.278 e. The average molecular weight is 1100 g/mol. The first-order chi connectivity index (χ1) is 14.9. The van der Waals surface area contributed by atoms with E-state index in [1.54, 1.807) is 0 Å². The molecule has 0 aromatic heterocycles. The quantitative estimate of drug-likeness (QED) is 0.0953. The molecule has 0 aromatic carbocycles. The van der Waals surface area contributed by atoms with Crippen LogP contribution in [-0.2, 0) is 88.7 Å². The molecule has 2 aliphatic heterocycles. The standard InChI is InChI=1S/C10H20O15P4S4.2U/c11-5-1-19-7(9(5)13)3-21-28(30,31)24-26(15,16)23-27(17,18)25-29(32,33)22-4-8-10(14)6(12)2-20-8;;/h1-2,5-14H,3-4H2,(H,15,16)(H,17,18)(H,30,31)(H,32,33);;/q-2;;/p-4/t5-,6?,7-,8-,9?,10-;;/m1../s1. The van der Waals surface area contributed by atoms with Crippen LogP contribution in [0.3, 0.4) is 0 Å². The molecule has 4 N–H and O–H groups in total. The van der Waals surface area contributed by atoms with Gasteiger partial charge in [-0.15, -0.1) is 0 Å². The number of phosphoric acid groups is 2. The summed E-state index contributed by atoms with van der Waals surface area (Å²) in [5.41, 5.74) is -8.24. The Morgan fingerprint density at radius 2 is 1.09 bits per heavy atom. The van der Waals surface area contributed by atoms with Crippen molar-refractivity contribution in [1.82, 2.24) is 0 Å². The Morgan fingerprint density at radius 3 is 1.34 bits per heavy atom. The zero-order chi connectivity index (χ0) is 25.2. The van der Waals surface area contributed by atoms with E-state index in [0.717, 1.165) is 13.2 Å². The predicted molar refractivity (Wildman–Crippen MR) is 116 cm³/mol. The van der Waals surface area contributed by atoms with Crippen LogP contribution in [0.2, 0.25) is 0 Å². The Hall–Kier alpha value is 4.04. The molecule has 35 heavy (non-hydrogen) atoms. The molecular weight excluding hydrogens is 1090 g/mol. The third kappa shape index (κ3) is 13.7. The zero-order valence-corrected chi connectivity index (χ0v) is 31.9. The van der Waals surface area contributed by atoms with Gasteiger partial charge in [-0.1, -0.05) is 23.6 Å². The Balaban J connectivity index is 0.00000578. The van der Waals surface area contributed by atoms with Crippen LogP contribution in [0.25, 0.3) is 0 Å². The van der Waals surface area contributed by atoms with Crippen molar-refractivity contribution in [3.05, 3.63) is 13.2 Å². The number of rotatable bonds is 12. The van der Waals surface area contributed by atoms with Gasteiger partial charge in [-0.2, -0.15) is 13.2 Å². The van der Waals surface area contributed by atoms with Gasteiger partial charge in [0, 0.05) is 62.2 Å². The summed E-state index contributed by atoms with van der Waals surface area (Å²) >= 11 is 18.7. The van der Waals surface area contributed by atoms with Gasteiger partial charge in [0.25, 0.3) is 15.6 Å². The molecule has 0 aromatic rings. The largest absolute Gasteiger partial charge is 0.756 e. The Kier molecular flexibility index (Phi) is 17.9. The predicted octanol–water partition coefficient (Wildman–Crippen LogP) is -1.89. The van der Waals surface area contributed by atoms with Crippen molar-refractivity contribution in [3.8, 4) is 0 Å². The van der Waals surface area contributed by atoms with E-state index < -0.39 is 76.9 Å². The second-order valence-electron chi connectivity index (χ2n) is 6.21. The molecule has 2 heterocycles. The molecule has 0 bridgehead atoms. The van der Waals surface area contributed by atoms with Crippen LogP contribution in [0, 0.1) is 75.4 Å². The van der Waals surface area contributed by atoms with Crippen molar-refractivity contribution in [1.29, 1.82) is 0 Å². The summed E-state index contributed by atoms with van der Waals surface area (Å²) < 4.78 is 55.9. The van der Waals surface area contributed by atoms with E-state index in [-0.39, 0.29) is 62.2 Å². The van der Waals surface area contributed by atoms with Gasteiger partial charge in [0.2, 0.25) is 0 Å². The minimum absolute atomic E-state index is 0. The van der Waals surface area contributed by atoms with Gasteiger partial charge in [0.05, 0.1) is 49.0 Å². The number of hydrogen-bond donors (Lipinski definition) is 4. The van der Waals surface area contributed by atoms with Crippen LogP contribution in [-0.4, -0.2) is 70.3 Å². The summed E-state index contributed by atoms with van der Waals surface area (Å²) in [5, 5.41) is 37.8. The first-order valence-electron chi connectivity index (χ1n) is 8.29. The van der Waals surface area contributed by atoms with Crippen molar-refractivity contribution in [2.75, 3.05) is 13.2 Å². The first-order valence-corrected chi connectivity index (χ1v) is 18.5. The molecule has 0 radical (unpaired) electrons. The number of hydrogen-bond acceptors (Lipinski definition) is 19. The fourth-order valence-corrected chi connectivity index (χ4v) is 10.6.